The second-order valence-corrected chi connectivity index (χ2v) is 4.16. The van der Waals surface area contributed by atoms with Crippen LogP contribution in [0.5, 0.6) is 0 Å². The van der Waals surface area contributed by atoms with Crippen molar-refractivity contribution < 1.29 is 19.0 Å². The van der Waals surface area contributed by atoms with E-state index in [1.807, 2.05) is 0 Å². The third-order valence-corrected chi connectivity index (χ3v) is 2.16. The van der Waals surface area contributed by atoms with Gasteiger partial charge in [0.2, 0.25) is 0 Å². The monoisotopic (exact) mass is 247 g/mol. The van der Waals surface area contributed by atoms with E-state index in [2.05, 4.69) is 6.92 Å². The maximum Gasteiger partial charge on any atom is 0.328 e. The minimum atomic E-state index is -1.08. The number of carbonyl (C=O) groups is 1. The molecule has 0 bridgehead atoms. The van der Waals surface area contributed by atoms with Crippen molar-refractivity contribution in [3.05, 3.63) is 0 Å². The van der Waals surface area contributed by atoms with Crippen LogP contribution in [0, 0.1) is 0 Å². The molecule has 0 aliphatic rings. The van der Waals surface area contributed by atoms with Gasteiger partial charge in [-0.15, -0.1) is 0 Å². The number of ether oxygens (including phenoxy) is 3. The van der Waals surface area contributed by atoms with Crippen molar-refractivity contribution in [2.24, 2.45) is 5.73 Å². The minimum absolute atomic E-state index is 0.142. The average molecular weight is 247 g/mol. The summed E-state index contributed by atoms with van der Waals surface area (Å²) in [6.07, 6.45) is 2.17. The first-order valence-electron chi connectivity index (χ1n) is 6.16. The van der Waals surface area contributed by atoms with Crippen LogP contribution in [0.3, 0.4) is 0 Å². The summed E-state index contributed by atoms with van der Waals surface area (Å²) in [6.45, 7) is 7.64. The number of hydrogen-bond donors (Lipinski definition) is 1. The molecule has 0 aliphatic heterocycles. The fourth-order valence-electron chi connectivity index (χ4n) is 1.11. The number of unbranched alkanes of at least 4 members (excludes halogenated alkanes) is 1. The average Bonchev–Trinajstić information content (AvgIpc) is 2.28. The van der Waals surface area contributed by atoms with E-state index in [0.717, 1.165) is 19.4 Å². The van der Waals surface area contributed by atoms with Crippen molar-refractivity contribution >= 4 is 5.97 Å². The Morgan fingerprint density at radius 1 is 1.18 bits per heavy atom. The number of carbonyl (C=O) groups excluding carboxylic acids is 1. The van der Waals surface area contributed by atoms with E-state index in [0.29, 0.717) is 19.8 Å². The molecule has 0 aromatic rings. The second kappa shape index (κ2) is 9.39. The molecule has 0 fully saturated rings. The van der Waals surface area contributed by atoms with Crippen LogP contribution in [0.4, 0.5) is 0 Å². The summed E-state index contributed by atoms with van der Waals surface area (Å²) in [7, 11) is 0. The SMILES string of the molecule is CCCCOCCOCC(C)(N)C(=O)OCC. The zero-order valence-corrected chi connectivity index (χ0v) is 11.2. The Kier molecular flexibility index (Phi) is 9.03. The molecule has 0 amide bonds. The van der Waals surface area contributed by atoms with Gasteiger partial charge in [0.05, 0.1) is 26.4 Å². The van der Waals surface area contributed by atoms with E-state index in [1.54, 1.807) is 13.8 Å². The van der Waals surface area contributed by atoms with E-state index >= 15 is 0 Å². The molecule has 0 radical (unpaired) electrons. The van der Waals surface area contributed by atoms with E-state index in [4.69, 9.17) is 19.9 Å². The van der Waals surface area contributed by atoms with Crippen LogP contribution in [0.15, 0.2) is 0 Å². The summed E-state index contributed by atoms with van der Waals surface area (Å²) in [4.78, 5) is 11.4. The molecule has 0 aromatic heterocycles. The fraction of sp³-hybridized carbons (Fsp3) is 0.917. The van der Waals surface area contributed by atoms with Gasteiger partial charge in [-0.1, -0.05) is 13.3 Å². The Morgan fingerprint density at radius 2 is 1.82 bits per heavy atom. The highest BCUT2D eigenvalue weighted by Gasteiger charge is 2.30. The van der Waals surface area contributed by atoms with Gasteiger partial charge in [0.25, 0.3) is 0 Å². The van der Waals surface area contributed by atoms with Crippen molar-refractivity contribution in [2.45, 2.75) is 39.2 Å². The molecule has 0 aliphatic carbocycles. The molecule has 0 heterocycles. The number of esters is 1. The summed E-state index contributed by atoms with van der Waals surface area (Å²) in [5, 5.41) is 0. The number of nitrogens with two attached hydrogens (primary N) is 1. The lowest BCUT2D eigenvalue weighted by Crippen LogP contribution is -2.50. The van der Waals surface area contributed by atoms with Crippen molar-refractivity contribution in [3.8, 4) is 0 Å². The summed E-state index contributed by atoms with van der Waals surface area (Å²) >= 11 is 0. The summed E-state index contributed by atoms with van der Waals surface area (Å²) in [5.74, 6) is -0.438. The van der Waals surface area contributed by atoms with Crippen LogP contribution in [0.1, 0.15) is 33.6 Å². The van der Waals surface area contributed by atoms with Gasteiger partial charge in [-0.05, 0) is 20.3 Å². The zero-order valence-electron chi connectivity index (χ0n) is 11.2. The van der Waals surface area contributed by atoms with E-state index < -0.39 is 11.5 Å². The van der Waals surface area contributed by atoms with Gasteiger partial charge in [0.15, 0.2) is 0 Å². The summed E-state index contributed by atoms with van der Waals surface area (Å²) < 4.78 is 15.5. The van der Waals surface area contributed by atoms with Gasteiger partial charge in [0.1, 0.15) is 5.54 Å². The highest BCUT2D eigenvalue weighted by molar-refractivity contribution is 5.80. The van der Waals surface area contributed by atoms with Crippen molar-refractivity contribution in [2.75, 3.05) is 33.0 Å². The van der Waals surface area contributed by atoms with E-state index in [1.165, 1.54) is 0 Å². The highest BCUT2D eigenvalue weighted by atomic mass is 16.5. The summed E-state index contributed by atoms with van der Waals surface area (Å²) in [6, 6.07) is 0. The van der Waals surface area contributed by atoms with Gasteiger partial charge < -0.3 is 19.9 Å². The molecule has 1 atom stereocenters. The predicted molar refractivity (Wildman–Crippen MR) is 65.8 cm³/mol. The molecule has 1 unspecified atom stereocenters. The van der Waals surface area contributed by atoms with Crippen LogP contribution in [0.2, 0.25) is 0 Å². The Hall–Kier alpha value is -0.650. The molecule has 5 nitrogen and oxygen atoms in total. The maximum absolute atomic E-state index is 11.4. The summed E-state index contributed by atoms with van der Waals surface area (Å²) in [5.41, 5.74) is 4.68. The quantitative estimate of drug-likeness (QED) is 0.462. The molecule has 0 saturated carbocycles. The van der Waals surface area contributed by atoms with Gasteiger partial charge in [0, 0.05) is 6.61 Å². The van der Waals surface area contributed by atoms with Crippen molar-refractivity contribution in [3.63, 3.8) is 0 Å². The predicted octanol–water partition coefficient (Wildman–Crippen LogP) is 1.10. The lowest BCUT2D eigenvalue weighted by atomic mass is 10.1. The molecule has 0 spiro atoms. The third-order valence-electron chi connectivity index (χ3n) is 2.16. The maximum atomic E-state index is 11.4. The van der Waals surface area contributed by atoms with Crippen LogP contribution in [-0.2, 0) is 19.0 Å². The molecule has 17 heavy (non-hydrogen) atoms. The normalized spacial score (nSPS) is 14.4. The molecular formula is C12H25NO4. The smallest absolute Gasteiger partial charge is 0.328 e. The van der Waals surface area contributed by atoms with Gasteiger partial charge in [-0.3, -0.25) is 0 Å². The Morgan fingerprint density at radius 3 is 2.41 bits per heavy atom. The lowest BCUT2D eigenvalue weighted by Gasteiger charge is -2.21. The van der Waals surface area contributed by atoms with Gasteiger partial charge >= 0.3 is 5.97 Å². The third kappa shape index (κ3) is 8.12. The Balaban J connectivity index is 3.55. The molecule has 102 valence electrons. The van der Waals surface area contributed by atoms with E-state index in [9.17, 15) is 4.79 Å². The van der Waals surface area contributed by atoms with Gasteiger partial charge in [-0.25, -0.2) is 4.79 Å². The molecule has 0 rings (SSSR count). The standard InChI is InChI=1S/C12H25NO4/c1-4-6-7-15-8-9-16-10-12(3,13)11(14)17-5-2/h4-10,13H2,1-3H3. The number of hydrogen-bond acceptors (Lipinski definition) is 5. The molecule has 5 heteroatoms. The first kappa shape index (κ1) is 16.4. The van der Waals surface area contributed by atoms with Crippen molar-refractivity contribution in [1.82, 2.24) is 0 Å². The molecule has 2 N–H and O–H groups in total. The lowest BCUT2D eigenvalue weighted by molar-refractivity contribution is -0.151. The topological polar surface area (TPSA) is 70.8 Å². The van der Waals surface area contributed by atoms with E-state index in [-0.39, 0.29) is 6.61 Å². The first-order chi connectivity index (χ1) is 8.04. The second-order valence-electron chi connectivity index (χ2n) is 4.16. The molecular weight excluding hydrogens is 222 g/mol. The van der Waals surface area contributed by atoms with Crippen LogP contribution < -0.4 is 5.73 Å². The molecule has 0 saturated heterocycles. The Labute approximate surface area is 104 Å². The minimum Gasteiger partial charge on any atom is -0.465 e. The van der Waals surface area contributed by atoms with Crippen LogP contribution >= 0.6 is 0 Å². The first-order valence-corrected chi connectivity index (χ1v) is 6.16. The van der Waals surface area contributed by atoms with Gasteiger partial charge in [-0.2, -0.15) is 0 Å². The Bertz CT molecular complexity index is 207. The van der Waals surface area contributed by atoms with Crippen LogP contribution in [0.25, 0.3) is 0 Å². The zero-order chi connectivity index (χ0) is 13.1. The highest BCUT2D eigenvalue weighted by Crippen LogP contribution is 2.03. The molecule has 0 aromatic carbocycles. The van der Waals surface area contributed by atoms with Crippen LogP contribution in [-0.4, -0.2) is 44.5 Å². The number of rotatable bonds is 10. The van der Waals surface area contributed by atoms with Crippen molar-refractivity contribution in [1.29, 1.82) is 0 Å². The fourth-order valence-corrected chi connectivity index (χ4v) is 1.11. The largest absolute Gasteiger partial charge is 0.465 e.